The predicted molar refractivity (Wildman–Crippen MR) is 39.3 cm³/mol. The second-order valence-corrected chi connectivity index (χ2v) is 2.37. The molecule has 0 amide bonds. The molecule has 1 heterocycles. The lowest BCUT2D eigenvalue weighted by atomic mass is 10.6. The third-order valence-corrected chi connectivity index (χ3v) is 1.32. The second-order valence-electron chi connectivity index (χ2n) is 1.93. The van der Waals surface area contributed by atoms with Crippen molar-refractivity contribution in [3.63, 3.8) is 0 Å². The van der Waals surface area contributed by atoms with Crippen molar-refractivity contribution >= 4 is 17.6 Å². The molecule has 0 saturated carbocycles. The van der Waals surface area contributed by atoms with E-state index in [1.54, 1.807) is 6.20 Å². The summed E-state index contributed by atoms with van der Waals surface area (Å²) in [5.41, 5.74) is 0. The van der Waals surface area contributed by atoms with Gasteiger partial charge in [0.2, 0.25) is 0 Å². The van der Waals surface area contributed by atoms with Gasteiger partial charge < -0.3 is 4.74 Å². The minimum Gasteiger partial charge on any atom is -0.468 e. The van der Waals surface area contributed by atoms with Gasteiger partial charge in [0, 0.05) is 6.20 Å². The Bertz CT molecular complexity index is 259. The van der Waals surface area contributed by atoms with Gasteiger partial charge in [-0.1, -0.05) is 11.6 Å². The Kier molecular flexibility index (Phi) is 2.48. The number of hydrogen-bond donors (Lipinski definition) is 0. The standard InChI is InChI=1S/C6H7ClN2O2/c1-11-6(10)4-9-3-5(7)2-8-9/h2-3H,4H2,1H3. The molecule has 0 aromatic carbocycles. The van der Waals surface area contributed by atoms with E-state index in [0.29, 0.717) is 5.02 Å². The fraction of sp³-hybridized carbons (Fsp3) is 0.333. The smallest absolute Gasteiger partial charge is 0.327 e. The van der Waals surface area contributed by atoms with Gasteiger partial charge in [0.15, 0.2) is 0 Å². The summed E-state index contributed by atoms with van der Waals surface area (Å²) < 4.78 is 5.83. The summed E-state index contributed by atoms with van der Waals surface area (Å²) in [7, 11) is 1.33. The quantitative estimate of drug-likeness (QED) is 0.621. The molecule has 11 heavy (non-hydrogen) atoms. The van der Waals surface area contributed by atoms with E-state index in [1.807, 2.05) is 0 Å². The van der Waals surface area contributed by atoms with E-state index in [2.05, 4.69) is 9.84 Å². The Labute approximate surface area is 68.7 Å². The Hall–Kier alpha value is -1.03. The van der Waals surface area contributed by atoms with Crippen molar-refractivity contribution in [3.8, 4) is 0 Å². The zero-order valence-electron chi connectivity index (χ0n) is 5.95. The summed E-state index contributed by atoms with van der Waals surface area (Å²) in [5, 5.41) is 4.30. The largest absolute Gasteiger partial charge is 0.468 e. The molecular formula is C6H7ClN2O2. The molecule has 0 radical (unpaired) electrons. The van der Waals surface area contributed by atoms with Crippen LogP contribution in [0.25, 0.3) is 0 Å². The molecule has 60 valence electrons. The fourth-order valence-electron chi connectivity index (χ4n) is 0.622. The fourth-order valence-corrected chi connectivity index (χ4v) is 0.778. The Morgan fingerprint density at radius 2 is 2.64 bits per heavy atom. The number of esters is 1. The Morgan fingerprint density at radius 1 is 1.91 bits per heavy atom. The van der Waals surface area contributed by atoms with Gasteiger partial charge in [-0.15, -0.1) is 0 Å². The molecule has 0 spiro atoms. The van der Waals surface area contributed by atoms with Crippen LogP contribution in [0.2, 0.25) is 5.02 Å². The number of rotatable bonds is 2. The van der Waals surface area contributed by atoms with Gasteiger partial charge in [-0.25, -0.2) is 0 Å². The molecule has 5 heteroatoms. The average Bonchev–Trinajstić information content (AvgIpc) is 2.35. The summed E-state index contributed by atoms with van der Waals surface area (Å²) in [5.74, 6) is -0.343. The number of carbonyl (C=O) groups is 1. The highest BCUT2D eigenvalue weighted by atomic mass is 35.5. The van der Waals surface area contributed by atoms with Gasteiger partial charge in [-0.05, 0) is 0 Å². The normalized spacial score (nSPS) is 9.64. The van der Waals surface area contributed by atoms with Crippen LogP contribution < -0.4 is 0 Å². The van der Waals surface area contributed by atoms with E-state index in [9.17, 15) is 4.79 Å². The molecular weight excluding hydrogens is 168 g/mol. The molecule has 1 aromatic heterocycles. The van der Waals surface area contributed by atoms with Crippen LogP contribution in [-0.4, -0.2) is 22.9 Å². The van der Waals surface area contributed by atoms with Crippen molar-refractivity contribution in [1.29, 1.82) is 0 Å². The van der Waals surface area contributed by atoms with Crippen LogP contribution in [0.4, 0.5) is 0 Å². The topological polar surface area (TPSA) is 44.1 Å². The lowest BCUT2D eigenvalue weighted by Crippen LogP contribution is -2.11. The van der Waals surface area contributed by atoms with E-state index < -0.39 is 0 Å². The zero-order valence-corrected chi connectivity index (χ0v) is 6.71. The van der Waals surface area contributed by atoms with E-state index in [4.69, 9.17) is 11.6 Å². The molecule has 0 fully saturated rings. The zero-order chi connectivity index (χ0) is 8.27. The van der Waals surface area contributed by atoms with E-state index >= 15 is 0 Å². The van der Waals surface area contributed by atoms with Gasteiger partial charge in [-0.2, -0.15) is 5.10 Å². The molecule has 0 aliphatic carbocycles. The number of aromatic nitrogens is 2. The number of carbonyl (C=O) groups excluding carboxylic acids is 1. The molecule has 0 saturated heterocycles. The van der Waals surface area contributed by atoms with Crippen LogP contribution in [0.15, 0.2) is 12.4 Å². The molecule has 0 N–H and O–H groups in total. The van der Waals surface area contributed by atoms with Crippen molar-refractivity contribution in [3.05, 3.63) is 17.4 Å². The number of ether oxygens (including phenoxy) is 1. The predicted octanol–water partition coefficient (Wildman–Crippen LogP) is 0.709. The van der Waals surface area contributed by atoms with Gasteiger partial charge >= 0.3 is 5.97 Å². The minimum atomic E-state index is -0.343. The summed E-state index contributed by atoms with van der Waals surface area (Å²) in [4.78, 5) is 10.7. The molecule has 4 nitrogen and oxygen atoms in total. The first kappa shape index (κ1) is 8.07. The third kappa shape index (κ3) is 2.23. The van der Waals surface area contributed by atoms with Crippen molar-refractivity contribution in [2.24, 2.45) is 0 Å². The van der Waals surface area contributed by atoms with Gasteiger partial charge in [0.05, 0.1) is 18.3 Å². The van der Waals surface area contributed by atoms with Crippen LogP contribution in [0.1, 0.15) is 0 Å². The summed E-state index contributed by atoms with van der Waals surface area (Å²) in [6.07, 6.45) is 3.02. The van der Waals surface area contributed by atoms with E-state index in [-0.39, 0.29) is 12.5 Å². The molecule has 0 atom stereocenters. The molecule has 1 rings (SSSR count). The maximum atomic E-state index is 10.7. The van der Waals surface area contributed by atoms with Crippen molar-refractivity contribution < 1.29 is 9.53 Å². The van der Waals surface area contributed by atoms with Gasteiger partial charge in [0.1, 0.15) is 6.54 Å². The molecule has 1 aromatic rings. The van der Waals surface area contributed by atoms with Crippen LogP contribution in [0.5, 0.6) is 0 Å². The monoisotopic (exact) mass is 174 g/mol. The minimum absolute atomic E-state index is 0.100. The van der Waals surface area contributed by atoms with Gasteiger partial charge in [-0.3, -0.25) is 9.48 Å². The highest BCUT2D eigenvalue weighted by Gasteiger charge is 2.01. The number of methoxy groups -OCH3 is 1. The first-order valence-corrected chi connectivity index (χ1v) is 3.35. The maximum absolute atomic E-state index is 10.7. The van der Waals surface area contributed by atoms with E-state index in [1.165, 1.54) is 18.0 Å². The maximum Gasteiger partial charge on any atom is 0.327 e. The second kappa shape index (κ2) is 3.39. The number of hydrogen-bond acceptors (Lipinski definition) is 3. The van der Waals surface area contributed by atoms with Crippen LogP contribution in [0.3, 0.4) is 0 Å². The Balaban J connectivity index is 2.57. The molecule has 0 bridgehead atoms. The van der Waals surface area contributed by atoms with Crippen LogP contribution in [0, 0.1) is 0 Å². The van der Waals surface area contributed by atoms with Crippen molar-refractivity contribution in [1.82, 2.24) is 9.78 Å². The van der Waals surface area contributed by atoms with E-state index in [0.717, 1.165) is 0 Å². The van der Waals surface area contributed by atoms with Crippen molar-refractivity contribution in [2.75, 3.05) is 7.11 Å². The van der Waals surface area contributed by atoms with Crippen LogP contribution >= 0.6 is 11.6 Å². The SMILES string of the molecule is COC(=O)Cn1cc(Cl)cn1. The van der Waals surface area contributed by atoms with Gasteiger partial charge in [0.25, 0.3) is 0 Å². The highest BCUT2D eigenvalue weighted by molar-refractivity contribution is 6.30. The first-order chi connectivity index (χ1) is 5.22. The lowest BCUT2D eigenvalue weighted by molar-refractivity contribution is -0.141. The number of halogens is 1. The molecule has 0 aliphatic heterocycles. The molecule has 0 aliphatic rings. The summed E-state index contributed by atoms with van der Waals surface area (Å²) in [6.45, 7) is 0.100. The number of nitrogens with zero attached hydrogens (tertiary/aromatic N) is 2. The summed E-state index contributed by atoms with van der Waals surface area (Å²) in [6, 6.07) is 0. The highest BCUT2D eigenvalue weighted by Crippen LogP contribution is 2.04. The summed E-state index contributed by atoms with van der Waals surface area (Å²) >= 11 is 5.55. The average molecular weight is 175 g/mol. The molecule has 0 unspecified atom stereocenters. The van der Waals surface area contributed by atoms with Crippen molar-refractivity contribution in [2.45, 2.75) is 6.54 Å². The van der Waals surface area contributed by atoms with Crippen LogP contribution in [-0.2, 0) is 16.1 Å². The lowest BCUT2D eigenvalue weighted by Gasteiger charge is -1.97. The third-order valence-electron chi connectivity index (χ3n) is 1.12. The first-order valence-electron chi connectivity index (χ1n) is 2.97. The Morgan fingerprint density at radius 3 is 3.09 bits per heavy atom.